The summed E-state index contributed by atoms with van der Waals surface area (Å²) in [5, 5.41) is 3.68. The van der Waals surface area contributed by atoms with Crippen molar-refractivity contribution < 1.29 is 0 Å². The molecular weight excluding hydrogens is 194 g/mol. The van der Waals surface area contributed by atoms with Gasteiger partial charge < -0.3 is 5.32 Å². The number of hydrogen-bond acceptors (Lipinski definition) is 1. The van der Waals surface area contributed by atoms with Crippen LogP contribution >= 0.6 is 0 Å². The van der Waals surface area contributed by atoms with Gasteiger partial charge in [0.15, 0.2) is 0 Å². The minimum Gasteiger partial charge on any atom is -0.311 e. The van der Waals surface area contributed by atoms with Gasteiger partial charge >= 0.3 is 0 Å². The molecule has 0 aromatic heterocycles. The van der Waals surface area contributed by atoms with Gasteiger partial charge in [-0.2, -0.15) is 0 Å². The Bertz CT molecular complexity index is 261. The van der Waals surface area contributed by atoms with Crippen molar-refractivity contribution in [2.75, 3.05) is 6.54 Å². The van der Waals surface area contributed by atoms with Gasteiger partial charge in [-0.05, 0) is 56.9 Å². The monoisotopic (exact) mass is 219 g/mol. The van der Waals surface area contributed by atoms with Crippen molar-refractivity contribution in [3.05, 3.63) is 12.2 Å². The topological polar surface area (TPSA) is 12.0 Å². The molecule has 1 heteroatoms. The summed E-state index contributed by atoms with van der Waals surface area (Å²) in [5.74, 6) is 1.96. The number of nitrogens with one attached hydrogen (secondary N) is 1. The van der Waals surface area contributed by atoms with Crippen LogP contribution in [-0.4, -0.2) is 12.1 Å². The average Bonchev–Trinajstić information content (AvgIpc) is 2.24. The van der Waals surface area contributed by atoms with E-state index in [2.05, 4.69) is 17.5 Å². The second-order valence-electron chi connectivity index (χ2n) is 6.19. The van der Waals surface area contributed by atoms with E-state index in [0.717, 1.165) is 11.8 Å². The summed E-state index contributed by atoms with van der Waals surface area (Å²) < 4.78 is 0. The maximum atomic E-state index is 3.68. The molecule has 3 rings (SSSR count). The van der Waals surface area contributed by atoms with Gasteiger partial charge in [-0.1, -0.05) is 31.4 Å². The van der Waals surface area contributed by atoms with Crippen molar-refractivity contribution in [2.24, 2.45) is 11.8 Å². The molecule has 90 valence electrons. The zero-order chi connectivity index (χ0) is 10.8. The summed E-state index contributed by atoms with van der Waals surface area (Å²) in [6.45, 7) is 1.25. The molecule has 0 aromatic carbocycles. The molecule has 0 bridgehead atoms. The Labute approximate surface area is 99.7 Å². The van der Waals surface area contributed by atoms with Gasteiger partial charge in [0.25, 0.3) is 0 Å². The van der Waals surface area contributed by atoms with Gasteiger partial charge in [-0.25, -0.2) is 0 Å². The fourth-order valence-corrected chi connectivity index (χ4v) is 3.64. The Balaban J connectivity index is 1.62. The van der Waals surface area contributed by atoms with Crippen molar-refractivity contribution in [3.8, 4) is 0 Å². The minimum absolute atomic E-state index is 0.519. The van der Waals surface area contributed by atoms with E-state index in [-0.39, 0.29) is 0 Å². The fourth-order valence-electron chi connectivity index (χ4n) is 3.64. The summed E-state index contributed by atoms with van der Waals surface area (Å²) in [6.07, 6.45) is 18.0. The highest BCUT2D eigenvalue weighted by Crippen LogP contribution is 2.39. The molecule has 1 saturated heterocycles. The fraction of sp³-hybridized carbons (Fsp3) is 0.867. The van der Waals surface area contributed by atoms with Crippen LogP contribution in [0.5, 0.6) is 0 Å². The molecule has 1 heterocycles. The Morgan fingerprint density at radius 3 is 2.50 bits per heavy atom. The van der Waals surface area contributed by atoms with Crippen LogP contribution < -0.4 is 5.32 Å². The first-order chi connectivity index (χ1) is 7.88. The van der Waals surface area contributed by atoms with Crippen LogP contribution in [0.25, 0.3) is 0 Å². The van der Waals surface area contributed by atoms with Crippen molar-refractivity contribution in [2.45, 2.75) is 63.3 Å². The van der Waals surface area contributed by atoms with E-state index in [9.17, 15) is 0 Å². The molecule has 1 unspecified atom stereocenters. The lowest BCUT2D eigenvalue weighted by molar-refractivity contribution is 0.187. The molecule has 2 fully saturated rings. The zero-order valence-electron chi connectivity index (χ0n) is 10.4. The Hall–Kier alpha value is -0.300. The van der Waals surface area contributed by atoms with Crippen molar-refractivity contribution in [1.29, 1.82) is 0 Å². The number of allylic oxidation sites excluding steroid dienone is 1. The molecule has 2 aliphatic carbocycles. The van der Waals surface area contributed by atoms with Crippen LogP contribution in [0.4, 0.5) is 0 Å². The molecule has 16 heavy (non-hydrogen) atoms. The van der Waals surface area contributed by atoms with E-state index < -0.39 is 0 Å². The van der Waals surface area contributed by atoms with E-state index in [1.807, 2.05) is 0 Å². The first kappa shape index (κ1) is 10.8. The Kier molecular flexibility index (Phi) is 3.06. The van der Waals surface area contributed by atoms with Crippen molar-refractivity contribution in [1.82, 2.24) is 5.32 Å². The van der Waals surface area contributed by atoms with Gasteiger partial charge in [0, 0.05) is 5.54 Å². The molecule has 0 aromatic rings. The first-order valence-electron chi connectivity index (χ1n) is 7.30. The second-order valence-corrected chi connectivity index (χ2v) is 6.19. The quantitative estimate of drug-likeness (QED) is 0.664. The molecule has 2 atom stereocenters. The van der Waals surface area contributed by atoms with E-state index in [4.69, 9.17) is 0 Å². The molecule has 1 saturated carbocycles. The van der Waals surface area contributed by atoms with Crippen LogP contribution in [-0.2, 0) is 0 Å². The van der Waals surface area contributed by atoms with Gasteiger partial charge in [0.1, 0.15) is 0 Å². The first-order valence-corrected chi connectivity index (χ1v) is 7.30. The summed E-state index contributed by atoms with van der Waals surface area (Å²) >= 11 is 0. The second kappa shape index (κ2) is 4.52. The Morgan fingerprint density at radius 1 is 1.00 bits per heavy atom. The molecule has 1 aliphatic heterocycles. The van der Waals surface area contributed by atoms with E-state index >= 15 is 0 Å². The highest BCUT2D eigenvalue weighted by molar-refractivity contribution is 5.05. The predicted molar refractivity (Wildman–Crippen MR) is 68.4 cm³/mol. The maximum absolute atomic E-state index is 3.68. The molecule has 1 spiro atoms. The lowest BCUT2D eigenvalue weighted by Gasteiger charge is -2.43. The third kappa shape index (κ3) is 2.07. The molecular formula is C15H25N. The summed E-state index contributed by atoms with van der Waals surface area (Å²) in [6, 6.07) is 0. The molecule has 1 nitrogen and oxygen atoms in total. The smallest absolute Gasteiger partial charge is 0.0228 e. The van der Waals surface area contributed by atoms with Crippen LogP contribution in [0.3, 0.4) is 0 Å². The minimum atomic E-state index is 0.519. The van der Waals surface area contributed by atoms with Gasteiger partial charge in [-0.15, -0.1) is 0 Å². The van der Waals surface area contributed by atoms with E-state index in [1.54, 1.807) is 0 Å². The largest absolute Gasteiger partial charge is 0.311 e. The lowest BCUT2D eigenvalue weighted by atomic mass is 9.74. The molecule has 3 aliphatic rings. The van der Waals surface area contributed by atoms with Crippen molar-refractivity contribution >= 4 is 0 Å². The molecule has 0 amide bonds. The van der Waals surface area contributed by atoms with Crippen LogP contribution in [0.1, 0.15) is 57.8 Å². The van der Waals surface area contributed by atoms with E-state index in [0.29, 0.717) is 5.54 Å². The molecule has 1 N–H and O–H groups in total. The summed E-state index contributed by atoms with van der Waals surface area (Å²) in [4.78, 5) is 0. The molecule has 0 radical (unpaired) electrons. The normalized spacial score (nSPS) is 42.6. The van der Waals surface area contributed by atoms with Crippen LogP contribution in [0.15, 0.2) is 12.2 Å². The third-order valence-electron chi connectivity index (χ3n) is 5.19. The van der Waals surface area contributed by atoms with Gasteiger partial charge in [0.2, 0.25) is 0 Å². The zero-order valence-corrected chi connectivity index (χ0v) is 10.4. The van der Waals surface area contributed by atoms with Gasteiger partial charge in [0.05, 0.1) is 0 Å². The van der Waals surface area contributed by atoms with E-state index in [1.165, 1.54) is 64.3 Å². The SMILES string of the molecule is C1=C\[C@H](C2CCC2)CCCCC2(C/1)CCN2. The third-order valence-corrected chi connectivity index (χ3v) is 5.19. The van der Waals surface area contributed by atoms with Crippen LogP contribution in [0.2, 0.25) is 0 Å². The summed E-state index contributed by atoms with van der Waals surface area (Å²) in [7, 11) is 0. The highest BCUT2D eigenvalue weighted by atomic mass is 15.0. The van der Waals surface area contributed by atoms with Crippen LogP contribution in [0, 0.1) is 11.8 Å². The maximum Gasteiger partial charge on any atom is 0.0228 e. The van der Waals surface area contributed by atoms with Crippen molar-refractivity contribution in [3.63, 3.8) is 0 Å². The van der Waals surface area contributed by atoms with Gasteiger partial charge in [-0.3, -0.25) is 0 Å². The Morgan fingerprint density at radius 2 is 1.88 bits per heavy atom. The number of hydrogen-bond donors (Lipinski definition) is 1. The lowest BCUT2D eigenvalue weighted by Crippen LogP contribution is -2.56. The highest BCUT2D eigenvalue weighted by Gasteiger charge is 2.35. The summed E-state index contributed by atoms with van der Waals surface area (Å²) in [5.41, 5.74) is 0.519. The standard InChI is InChI=1S/C15H25N/c1-2-9-15(11-12-16-15)10-4-8-13(5-1)14-6-3-7-14/h4,8,13-14,16H,1-3,5-7,9-12H2/b8-4-/t13-,15?/m1/s1. The predicted octanol–water partition coefficient (Wildman–Crippen LogP) is 3.66. The average molecular weight is 219 g/mol. The number of rotatable bonds is 1.